The van der Waals surface area contributed by atoms with E-state index in [2.05, 4.69) is 16.8 Å². The fourth-order valence-electron chi connectivity index (χ4n) is 2.35. The number of thiophene rings is 1. The minimum absolute atomic E-state index is 0.176. The summed E-state index contributed by atoms with van der Waals surface area (Å²) in [5.41, 5.74) is 1.62. The van der Waals surface area contributed by atoms with E-state index in [9.17, 15) is 13.9 Å². The van der Waals surface area contributed by atoms with Gasteiger partial charge in [0.25, 0.3) is 0 Å². The second-order valence-corrected chi connectivity index (χ2v) is 6.09. The molecule has 2 N–H and O–H groups in total. The van der Waals surface area contributed by atoms with Gasteiger partial charge in [0.2, 0.25) is 0 Å². The fraction of sp³-hybridized carbons (Fsp3) is 0.375. The number of nitrogens with one attached hydrogen (secondary N) is 1. The highest BCUT2D eigenvalue weighted by Crippen LogP contribution is 2.20. The molecule has 5 heteroatoms. The Morgan fingerprint density at radius 3 is 2.57 bits per heavy atom. The molecule has 2 nitrogen and oxygen atoms in total. The molecule has 0 aliphatic carbocycles. The van der Waals surface area contributed by atoms with Gasteiger partial charge in [0.15, 0.2) is 11.6 Å². The molecule has 2 rings (SSSR count). The number of halogens is 2. The zero-order valence-electron chi connectivity index (χ0n) is 12.0. The summed E-state index contributed by atoms with van der Waals surface area (Å²) in [6.07, 6.45) is -0.0248. The Kier molecular flexibility index (Phi) is 5.45. The standard InChI is InChI=1S/C16H19F2NOS/c1-10(7-12-5-6-21-9-12)19-11(2)16(20)13-3-4-14(17)15(18)8-13/h3-6,8-11,16,19-20H,7H2,1-2H3. The molecule has 0 aliphatic rings. The van der Waals surface area contributed by atoms with E-state index in [-0.39, 0.29) is 12.1 Å². The summed E-state index contributed by atoms with van der Waals surface area (Å²) in [5.74, 6) is -1.84. The van der Waals surface area contributed by atoms with Crippen molar-refractivity contribution in [1.82, 2.24) is 5.32 Å². The van der Waals surface area contributed by atoms with Crippen LogP contribution in [-0.2, 0) is 6.42 Å². The van der Waals surface area contributed by atoms with Crippen molar-refractivity contribution in [2.75, 3.05) is 0 Å². The largest absolute Gasteiger partial charge is 0.387 e. The number of hydrogen-bond acceptors (Lipinski definition) is 3. The average molecular weight is 311 g/mol. The summed E-state index contributed by atoms with van der Waals surface area (Å²) in [6, 6.07) is 5.47. The van der Waals surface area contributed by atoms with E-state index in [1.165, 1.54) is 11.6 Å². The van der Waals surface area contributed by atoms with Crippen molar-refractivity contribution in [2.24, 2.45) is 0 Å². The van der Waals surface area contributed by atoms with Crippen LogP contribution in [0, 0.1) is 11.6 Å². The molecule has 1 aromatic heterocycles. The molecule has 0 saturated heterocycles. The van der Waals surface area contributed by atoms with Crippen LogP contribution in [0.25, 0.3) is 0 Å². The van der Waals surface area contributed by atoms with Gasteiger partial charge in [-0.25, -0.2) is 8.78 Å². The SMILES string of the molecule is CC(Cc1ccsc1)NC(C)C(O)c1ccc(F)c(F)c1. The molecule has 0 saturated carbocycles. The molecule has 0 bridgehead atoms. The molecule has 0 radical (unpaired) electrons. The van der Waals surface area contributed by atoms with Crippen LogP contribution in [-0.4, -0.2) is 17.2 Å². The smallest absolute Gasteiger partial charge is 0.159 e. The van der Waals surface area contributed by atoms with Gasteiger partial charge in [-0.05, 0) is 60.4 Å². The molecule has 1 heterocycles. The third-order valence-corrected chi connectivity index (χ3v) is 4.16. The van der Waals surface area contributed by atoms with E-state index in [1.54, 1.807) is 11.3 Å². The third kappa shape index (κ3) is 4.33. The normalized spacial score (nSPS) is 15.7. The van der Waals surface area contributed by atoms with Crippen LogP contribution in [0.4, 0.5) is 8.78 Å². The predicted octanol–water partition coefficient (Wildman–Crippen LogP) is 3.67. The van der Waals surface area contributed by atoms with Crippen molar-refractivity contribution in [1.29, 1.82) is 0 Å². The summed E-state index contributed by atoms with van der Waals surface area (Å²) in [5, 5.41) is 17.6. The van der Waals surface area contributed by atoms with E-state index < -0.39 is 17.7 Å². The van der Waals surface area contributed by atoms with Crippen molar-refractivity contribution in [3.05, 3.63) is 57.8 Å². The lowest BCUT2D eigenvalue weighted by molar-refractivity contribution is 0.130. The zero-order chi connectivity index (χ0) is 15.4. The molecule has 21 heavy (non-hydrogen) atoms. The molecule has 0 amide bonds. The number of aliphatic hydroxyl groups is 1. The first-order valence-corrected chi connectivity index (χ1v) is 7.81. The van der Waals surface area contributed by atoms with Gasteiger partial charge in [0, 0.05) is 12.1 Å². The molecule has 0 spiro atoms. The first-order chi connectivity index (χ1) is 9.97. The van der Waals surface area contributed by atoms with Gasteiger partial charge in [0.05, 0.1) is 6.10 Å². The van der Waals surface area contributed by atoms with Gasteiger partial charge in [-0.2, -0.15) is 11.3 Å². The van der Waals surface area contributed by atoms with Crippen molar-refractivity contribution in [3.8, 4) is 0 Å². The highest BCUT2D eigenvalue weighted by molar-refractivity contribution is 7.07. The summed E-state index contributed by atoms with van der Waals surface area (Å²) in [7, 11) is 0. The van der Waals surface area contributed by atoms with Gasteiger partial charge >= 0.3 is 0 Å². The van der Waals surface area contributed by atoms with Crippen molar-refractivity contribution >= 4 is 11.3 Å². The lowest BCUT2D eigenvalue weighted by atomic mass is 10.0. The van der Waals surface area contributed by atoms with Crippen LogP contribution < -0.4 is 5.32 Å². The maximum absolute atomic E-state index is 13.2. The molecule has 0 fully saturated rings. The molecule has 3 unspecified atom stereocenters. The Balaban J connectivity index is 1.95. The Labute approximate surface area is 127 Å². The van der Waals surface area contributed by atoms with E-state index in [4.69, 9.17) is 0 Å². The maximum Gasteiger partial charge on any atom is 0.159 e. The van der Waals surface area contributed by atoms with Gasteiger partial charge in [-0.15, -0.1) is 0 Å². The second-order valence-electron chi connectivity index (χ2n) is 5.31. The Morgan fingerprint density at radius 2 is 1.95 bits per heavy atom. The summed E-state index contributed by atoms with van der Waals surface area (Å²) < 4.78 is 26.1. The first kappa shape index (κ1) is 16.1. The Morgan fingerprint density at radius 1 is 1.19 bits per heavy atom. The monoisotopic (exact) mass is 311 g/mol. The number of benzene rings is 1. The molecule has 1 aromatic carbocycles. The van der Waals surface area contributed by atoms with Crippen LogP contribution in [0.1, 0.15) is 31.1 Å². The highest BCUT2D eigenvalue weighted by Gasteiger charge is 2.19. The molecule has 114 valence electrons. The Bertz CT molecular complexity index is 574. The second kappa shape index (κ2) is 7.11. The number of rotatable bonds is 6. The summed E-state index contributed by atoms with van der Waals surface area (Å²) in [4.78, 5) is 0. The number of aliphatic hydroxyl groups excluding tert-OH is 1. The fourth-order valence-corrected chi connectivity index (χ4v) is 3.03. The van der Waals surface area contributed by atoms with Crippen molar-refractivity contribution in [3.63, 3.8) is 0 Å². The predicted molar refractivity (Wildman–Crippen MR) is 81.4 cm³/mol. The lowest BCUT2D eigenvalue weighted by Gasteiger charge is -2.24. The molecular formula is C16H19F2NOS. The van der Waals surface area contributed by atoms with Gasteiger partial charge in [-0.3, -0.25) is 0 Å². The first-order valence-electron chi connectivity index (χ1n) is 6.87. The van der Waals surface area contributed by atoms with E-state index in [0.717, 1.165) is 18.6 Å². The van der Waals surface area contributed by atoms with Gasteiger partial charge in [-0.1, -0.05) is 6.07 Å². The van der Waals surface area contributed by atoms with E-state index in [0.29, 0.717) is 5.56 Å². The van der Waals surface area contributed by atoms with E-state index >= 15 is 0 Å². The Hall–Kier alpha value is -1.30. The van der Waals surface area contributed by atoms with Crippen LogP contribution in [0.2, 0.25) is 0 Å². The topological polar surface area (TPSA) is 32.3 Å². The molecule has 2 aromatic rings. The van der Waals surface area contributed by atoms with E-state index in [1.807, 2.05) is 19.2 Å². The third-order valence-electron chi connectivity index (χ3n) is 3.43. The summed E-state index contributed by atoms with van der Waals surface area (Å²) >= 11 is 1.65. The van der Waals surface area contributed by atoms with Gasteiger partial charge < -0.3 is 10.4 Å². The zero-order valence-corrected chi connectivity index (χ0v) is 12.8. The summed E-state index contributed by atoms with van der Waals surface area (Å²) in [6.45, 7) is 3.86. The van der Waals surface area contributed by atoms with Crippen LogP contribution in [0.15, 0.2) is 35.0 Å². The van der Waals surface area contributed by atoms with Crippen LogP contribution >= 0.6 is 11.3 Å². The van der Waals surface area contributed by atoms with Crippen LogP contribution in [0.5, 0.6) is 0 Å². The molecule has 0 aliphatic heterocycles. The van der Waals surface area contributed by atoms with Crippen LogP contribution in [0.3, 0.4) is 0 Å². The minimum Gasteiger partial charge on any atom is -0.387 e. The average Bonchev–Trinajstić information content (AvgIpc) is 2.93. The molecule has 3 atom stereocenters. The maximum atomic E-state index is 13.2. The minimum atomic E-state index is -0.940. The highest BCUT2D eigenvalue weighted by atomic mass is 32.1. The van der Waals surface area contributed by atoms with Crippen molar-refractivity contribution < 1.29 is 13.9 Å². The van der Waals surface area contributed by atoms with Crippen molar-refractivity contribution in [2.45, 2.75) is 38.5 Å². The lowest BCUT2D eigenvalue weighted by Crippen LogP contribution is -2.39. The molecular weight excluding hydrogens is 292 g/mol. The quantitative estimate of drug-likeness (QED) is 0.853. The number of hydrogen-bond donors (Lipinski definition) is 2. The van der Waals surface area contributed by atoms with Gasteiger partial charge in [0.1, 0.15) is 0 Å².